The lowest BCUT2D eigenvalue weighted by atomic mass is 10.2. The molecule has 1 aliphatic rings. The summed E-state index contributed by atoms with van der Waals surface area (Å²) in [6, 6.07) is 6.47. The van der Waals surface area contributed by atoms with Crippen LogP contribution in [0, 0.1) is 0 Å². The van der Waals surface area contributed by atoms with Crippen molar-refractivity contribution in [2.45, 2.75) is 32.2 Å². The third kappa shape index (κ3) is 6.00. The van der Waals surface area contributed by atoms with E-state index in [1.165, 1.54) is 45.1 Å². The number of ether oxygens (including phenoxy) is 3. The molecule has 1 aliphatic heterocycles. The minimum atomic E-state index is -0.425. The Hall–Kier alpha value is -3.00. The maximum absolute atomic E-state index is 12.3. The molecule has 162 valence electrons. The fourth-order valence-corrected chi connectivity index (χ4v) is 3.37. The summed E-state index contributed by atoms with van der Waals surface area (Å²) in [6.07, 6.45) is 6.10. The molecule has 1 aromatic heterocycles. The molecular formula is C22H28N2O6. The van der Waals surface area contributed by atoms with E-state index in [9.17, 15) is 9.59 Å². The van der Waals surface area contributed by atoms with Gasteiger partial charge in [0.2, 0.25) is 11.2 Å². The van der Waals surface area contributed by atoms with E-state index in [4.69, 9.17) is 18.6 Å². The summed E-state index contributed by atoms with van der Waals surface area (Å²) in [5.41, 5.74) is 0.174. The summed E-state index contributed by atoms with van der Waals surface area (Å²) in [5.74, 6) is 1.25. The standard InChI is InChI=1S/C22H28N2O6/c1-27-16-7-8-18(20(12-16)28-2)23-22(26)15-30-21-14-29-17(11-19(21)25)13-24-9-5-3-4-6-10-24/h7-8,11-12,14H,3-6,9-10,13,15H2,1-2H3,(H,23,26). The molecule has 1 N–H and O–H groups in total. The number of nitrogens with zero attached hydrogens (tertiary/aromatic N) is 1. The summed E-state index contributed by atoms with van der Waals surface area (Å²) in [5, 5.41) is 2.69. The lowest BCUT2D eigenvalue weighted by molar-refractivity contribution is -0.118. The maximum atomic E-state index is 12.3. The predicted molar refractivity (Wildman–Crippen MR) is 112 cm³/mol. The Kier molecular flexibility index (Phi) is 7.73. The average Bonchev–Trinajstić information content (AvgIpc) is 3.02. The number of hydrogen-bond acceptors (Lipinski definition) is 7. The molecule has 2 heterocycles. The number of rotatable bonds is 8. The lowest BCUT2D eigenvalue weighted by Crippen LogP contribution is -2.25. The molecule has 2 aromatic rings. The highest BCUT2D eigenvalue weighted by molar-refractivity contribution is 5.93. The number of carbonyl (C=O) groups excluding carboxylic acids is 1. The summed E-state index contributed by atoms with van der Waals surface area (Å²) >= 11 is 0. The van der Waals surface area contributed by atoms with Crippen molar-refractivity contribution >= 4 is 11.6 Å². The van der Waals surface area contributed by atoms with Gasteiger partial charge in [-0.3, -0.25) is 14.5 Å². The van der Waals surface area contributed by atoms with Crippen molar-refractivity contribution in [3.8, 4) is 17.2 Å². The van der Waals surface area contributed by atoms with Crippen molar-refractivity contribution in [1.82, 2.24) is 4.90 Å². The van der Waals surface area contributed by atoms with Crippen molar-refractivity contribution in [2.75, 3.05) is 39.2 Å². The quantitative estimate of drug-likeness (QED) is 0.707. The summed E-state index contributed by atoms with van der Waals surface area (Å²) < 4.78 is 21.3. The molecule has 0 radical (unpaired) electrons. The lowest BCUT2D eigenvalue weighted by Gasteiger charge is -2.18. The Bertz CT molecular complexity index is 903. The normalized spacial score (nSPS) is 14.6. The van der Waals surface area contributed by atoms with E-state index in [0.717, 1.165) is 13.1 Å². The van der Waals surface area contributed by atoms with E-state index < -0.39 is 5.91 Å². The number of nitrogens with one attached hydrogen (secondary N) is 1. The van der Waals surface area contributed by atoms with Gasteiger partial charge in [0.25, 0.3) is 5.91 Å². The fraction of sp³-hybridized carbons (Fsp3) is 0.455. The van der Waals surface area contributed by atoms with Crippen molar-refractivity contribution in [1.29, 1.82) is 0 Å². The number of methoxy groups -OCH3 is 2. The second kappa shape index (κ2) is 10.7. The van der Waals surface area contributed by atoms with Gasteiger partial charge >= 0.3 is 0 Å². The summed E-state index contributed by atoms with van der Waals surface area (Å²) in [6.45, 7) is 2.30. The molecule has 0 saturated carbocycles. The van der Waals surface area contributed by atoms with E-state index in [2.05, 4.69) is 10.2 Å². The van der Waals surface area contributed by atoms with Gasteiger partial charge in [-0.25, -0.2) is 0 Å². The molecule has 0 atom stereocenters. The topological polar surface area (TPSA) is 90.2 Å². The van der Waals surface area contributed by atoms with E-state index in [0.29, 0.717) is 29.5 Å². The van der Waals surface area contributed by atoms with Gasteiger partial charge in [0.1, 0.15) is 23.5 Å². The molecule has 30 heavy (non-hydrogen) atoms. The first-order valence-electron chi connectivity index (χ1n) is 10.1. The maximum Gasteiger partial charge on any atom is 0.262 e. The molecule has 8 nitrogen and oxygen atoms in total. The highest BCUT2D eigenvalue weighted by atomic mass is 16.5. The average molecular weight is 416 g/mol. The van der Waals surface area contributed by atoms with Crippen LogP contribution >= 0.6 is 0 Å². The SMILES string of the molecule is COc1ccc(NC(=O)COc2coc(CN3CCCCCC3)cc2=O)c(OC)c1. The number of likely N-dealkylation sites (tertiary alicyclic amines) is 1. The number of hydrogen-bond donors (Lipinski definition) is 1. The second-order valence-corrected chi connectivity index (χ2v) is 7.17. The molecule has 0 unspecified atom stereocenters. The van der Waals surface area contributed by atoms with Crippen LogP contribution < -0.4 is 25.0 Å². The van der Waals surface area contributed by atoms with Gasteiger partial charge in [-0.2, -0.15) is 0 Å². The third-order valence-electron chi connectivity index (χ3n) is 4.97. The van der Waals surface area contributed by atoms with Crippen molar-refractivity contribution in [2.24, 2.45) is 0 Å². The number of benzene rings is 1. The highest BCUT2D eigenvalue weighted by Crippen LogP contribution is 2.28. The fourth-order valence-electron chi connectivity index (χ4n) is 3.37. The zero-order valence-corrected chi connectivity index (χ0v) is 17.4. The smallest absolute Gasteiger partial charge is 0.262 e. The number of anilines is 1. The molecule has 0 bridgehead atoms. The van der Waals surface area contributed by atoms with Gasteiger partial charge in [-0.15, -0.1) is 0 Å². The number of amides is 1. The second-order valence-electron chi connectivity index (χ2n) is 7.17. The van der Waals surface area contributed by atoms with Crippen LogP contribution in [-0.2, 0) is 11.3 Å². The molecule has 1 saturated heterocycles. The monoisotopic (exact) mass is 416 g/mol. The van der Waals surface area contributed by atoms with Crippen molar-refractivity contribution in [3.05, 3.63) is 46.5 Å². The van der Waals surface area contributed by atoms with Crippen LogP contribution in [-0.4, -0.2) is 44.7 Å². The van der Waals surface area contributed by atoms with Crippen LogP contribution in [0.4, 0.5) is 5.69 Å². The van der Waals surface area contributed by atoms with Gasteiger partial charge in [0.05, 0.1) is 26.5 Å². The highest BCUT2D eigenvalue weighted by Gasteiger charge is 2.14. The minimum absolute atomic E-state index is 0.00598. The molecule has 3 rings (SSSR count). The van der Waals surface area contributed by atoms with Gasteiger partial charge in [0, 0.05) is 12.1 Å². The molecule has 1 fully saturated rings. The molecular weight excluding hydrogens is 388 g/mol. The van der Waals surface area contributed by atoms with E-state index in [1.807, 2.05) is 0 Å². The van der Waals surface area contributed by atoms with Crippen LogP contribution in [0.5, 0.6) is 17.2 Å². The summed E-state index contributed by atoms with van der Waals surface area (Å²) in [7, 11) is 3.05. The van der Waals surface area contributed by atoms with Gasteiger partial charge in [0.15, 0.2) is 6.61 Å². The Morgan fingerprint density at radius 2 is 1.83 bits per heavy atom. The van der Waals surface area contributed by atoms with E-state index >= 15 is 0 Å². The first-order valence-corrected chi connectivity index (χ1v) is 10.1. The van der Waals surface area contributed by atoms with Crippen molar-refractivity contribution < 1.29 is 23.4 Å². The van der Waals surface area contributed by atoms with Crippen LogP contribution in [0.2, 0.25) is 0 Å². The Morgan fingerprint density at radius 3 is 2.50 bits per heavy atom. The Morgan fingerprint density at radius 1 is 1.07 bits per heavy atom. The first-order chi connectivity index (χ1) is 14.6. The predicted octanol–water partition coefficient (Wildman–Crippen LogP) is 3.05. The van der Waals surface area contributed by atoms with Gasteiger partial charge < -0.3 is 23.9 Å². The molecule has 1 amide bonds. The molecule has 8 heteroatoms. The van der Waals surface area contributed by atoms with Crippen molar-refractivity contribution in [3.63, 3.8) is 0 Å². The van der Waals surface area contributed by atoms with Crippen LogP contribution in [0.15, 0.2) is 39.7 Å². The largest absolute Gasteiger partial charge is 0.497 e. The third-order valence-corrected chi connectivity index (χ3v) is 4.97. The zero-order valence-electron chi connectivity index (χ0n) is 17.4. The summed E-state index contributed by atoms with van der Waals surface area (Å²) in [4.78, 5) is 26.8. The first kappa shape index (κ1) is 21.7. The molecule has 1 aromatic carbocycles. The van der Waals surface area contributed by atoms with Gasteiger partial charge in [-0.05, 0) is 38.1 Å². The van der Waals surface area contributed by atoms with Crippen LogP contribution in [0.3, 0.4) is 0 Å². The Balaban J connectivity index is 1.55. The minimum Gasteiger partial charge on any atom is -0.497 e. The zero-order chi connectivity index (χ0) is 21.3. The van der Waals surface area contributed by atoms with Crippen LogP contribution in [0.1, 0.15) is 31.4 Å². The molecule has 0 spiro atoms. The molecule has 0 aliphatic carbocycles. The number of carbonyl (C=O) groups is 1. The van der Waals surface area contributed by atoms with Crippen LogP contribution in [0.25, 0.3) is 0 Å². The van der Waals surface area contributed by atoms with E-state index in [1.54, 1.807) is 25.3 Å². The Labute approximate surface area is 175 Å². The van der Waals surface area contributed by atoms with Gasteiger partial charge in [-0.1, -0.05) is 12.8 Å². The van der Waals surface area contributed by atoms with E-state index in [-0.39, 0.29) is 17.8 Å².